The van der Waals surface area contributed by atoms with Crippen molar-refractivity contribution in [3.05, 3.63) is 0 Å². The van der Waals surface area contributed by atoms with Crippen LogP contribution < -0.4 is 11.3 Å². The predicted octanol–water partition coefficient (Wildman–Crippen LogP) is 0.335. The van der Waals surface area contributed by atoms with Gasteiger partial charge in [0.2, 0.25) is 11.8 Å². The van der Waals surface area contributed by atoms with Crippen molar-refractivity contribution in [1.29, 1.82) is 0 Å². The lowest BCUT2D eigenvalue weighted by Gasteiger charge is -2.34. The minimum atomic E-state index is -0.110. The summed E-state index contributed by atoms with van der Waals surface area (Å²) in [5.41, 5.74) is 2.21. The van der Waals surface area contributed by atoms with E-state index in [0.29, 0.717) is 44.4 Å². The van der Waals surface area contributed by atoms with E-state index in [0.717, 1.165) is 6.54 Å². The van der Waals surface area contributed by atoms with E-state index < -0.39 is 0 Å². The zero-order chi connectivity index (χ0) is 15.4. The predicted molar refractivity (Wildman–Crippen MR) is 81.1 cm³/mol. The highest BCUT2D eigenvalue weighted by atomic mass is 16.2. The molecule has 21 heavy (non-hydrogen) atoms. The van der Waals surface area contributed by atoms with Crippen LogP contribution in [0.4, 0.5) is 0 Å². The van der Waals surface area contributed by atoms with Gasteiger partial charge in [-0.1, -0.05) is 13.8 Å². The molecule has 0 spiro atoms. The normalized spacial score (nSPS) is 24.6. The van der Waals surface area contributed by atoms with Gasteiger partial charge in [0, 0.05) is 25.0 Å². The van der Waals surface area contributed by atoms with Gasteiger partial charge in [-0.25, -0.2) is 5.84 Å². The second-order valence-electron chi connectivity index (χ2n) is 6.59. The number of nitrogens with one attached hydrogen (secondary N) is 1. The number of nitrogens with zero attached hydrogens (tertiary/aromatic N) is 2. The van der Waals surface area contributed by atoms with Crippen LogP contribution in [0.5, 0.6) is 0 Å². The lowest BCUT2D eigenvalue weighted by Crippen LogP contribution is -2.48. The molecule has 2 saturated heterocycles. The van der Waals surface area contributed by atoms with Gasteiger partial charge in [0.1, 0.15) is 0 Å². The molecule has 3 N–H and O–H groups in total. The molecule has 0 bridgehead atoms. The quantitative estimate of drug-likeness (QED) is 0.445. The summed E-state index contributed by atoms with van der Waals surface area (Å²) < 4.78 is 0. The Morgan fingerprint density at radius 3 is 2.43 bits per heavy atom. The molecule has 6 heteroatoms. The molecule has 2 amide bonds. The molecule has 0 aromatic heterocycles. The Morgan fingerprint density at radius 2 is 1.86 bits per heavy atom. The molecule has 0 aromatic carbocycles. The van der Waals surface area contributed by atoms with Crippen molar-refractivity contribution in [2.45, 2.75) is 45.6 Å². The fourth-order valence-corrected chi connectivity index (χ4v) is 3.59. The standard InChI is InChI=1S/C15H28N4O2/c1-11(2)13-4-3-7-19(13)10-14(20)18-8-5-12(6-9-18)15(21)17-16/h11-13H,3-10,16H2,1-2H3,(H,17,21). The van der Waals surface area contributed by atoms with Crippen LogP contribution in [0.1, 0.15) is 39.5 Å². The van der Waals surface area contributed by atoms with Gasteiger partial charge in [0.15, 0.2) is 0 Å². The first kappa shape index (κ1) is 16.2. The van der Waals surface area contributed by atoms with Crippen molar-refractivity contribution in [1.82, 2.24) is 15.2 Å². The summed E-state index contributed by atoms with van der Waals surface area (Å²) in [6.07, 6.45) is 3.81. The molecule has 2 fully saturated rings. The zero-order valence-corrected chi connectivity index (χ0v) is 13.2. The van der Waals surface area contributed by atoms with Crippen molar-refractivity contribution >= 4 is 11.8 Å². The molecular weight excluding hydrogens is 268 g/mol. The minimum Gasteiger partial charge on any atom is -0.342 e. The van der Waals surface area contributed by atoms with Crippen LogP contribution in [0.3, 0.4) is 0 Å². The van der Waals surface area contributed by atoms with Crippen LogP contribution in [0.2, 0.25) is 0 Å². The third-order valence-corrected chi connectivity index (χ3v) is 4.88. The molecule has 2 aliphatic rings. The first-order chi connectivity index (χ1) is 10.0. The first-order valence-electron chi connectivity index (χ1n) is 8.05. The first-order valence-corrected chi connectivity index (χ1v) is 8.05. The monoisotopic (exact) mass is 296 g/mol. The molecule has 2 aliphatic heterocycles. The maximum atomic E-state index is 12.4. The van der Waals surface area contributed by atoms with E-state index in [9.17, 15) is 9.59 Å². The highest BCUT2D eigenvalue weighted by Crippen LogP contribution is 2.24. The molecule has 0 radical (unpaired) electrons. The van der Waals surface area contributed by atoms with Crippen molar-refractivity contribution in [2.24, 2.45) is 17.7 Å². The molecule has 0 aromatic rings. The zero-order valence-electron chi connectivity index (χ0n) is 13.2. The summed E-state index contributed by atoms with van der Waals surface area (Å²) >= 11 is 0. The molecule has 1 atom stereocenters. The average molecular weight is 296 g/mol. The van der Waals surface area contributed by atoms with Crippen molar-refractivity contribution in [2.75, 3.05) is 26.2 Å². The lowest BCUT2D eigenvalue weighted by atomic mass is 9.96. The Kier molecular flexibility index (Phi) is 5.58. The van der Waals surface area contributed by atoms with Crippen LogP contribution in [-0.2, 0) is 9.59 Å². The van der Waals surface area contributed by atoms with E-state index >= 15 is 0 Å². The number of amides is 2. The van der Waals surface area contributed by atoms with Gasteiger partial charge in [-0.2, -0.15) is 0 Å². The third kappa shape index (κ3) is 3.95. The van der Waals surface area contributed by atoms with Crippen molar-refractivity contribution < 1.29 is 9.59 Å². The number of carbonyl (C=O) groups is 2. The van der Waals surface area contributed by atoms with E-state index in [4.69, 9.17) is 5.84 Å². The van der Waals surface area contributed by atoms with Gasteiger partial charge in [-0.3, -0.25) is 19.9 Å². The summed E-state index contributed by atoms with van der Waals surface area (Å²) in [4.78, 5) is 28.1. The van der Waals surface area contributed by atoms with Crippen LogP contribution >= 0.6 is 0 Å². The number of hydrogen-bond acceptors (Lipinski definition) is 4. The minimum absolute atomic E-state index is 0.0470. The maximum absolute atomic E-state index is 12.4. The largest absolute Gasteiger partial charge is 0.342 e. The smallest absolute Gasteiger partial charge is 0.237 e. The lowest BCUT2D eigenvalue weighted by molar-refractivity contribution is -0.136. The van der Waals surface area contributed by atoms with E-state index in [1.54, 1.807) is 0 Å². The van der Waals surface area contributed by atoms with Gasteiger partial charge in [-0.05, 0) is 38.1 Å². The van der Waals surface area contributed by atoms with Crippen LogP contribution in [0.15, 0.2) is 0 Å². The van der Waals surface area contributed by atoms with E-state index in [1.165, 1.54) is 12.8 Å². The van der Waals surface area contributed by atoms with Crippen LogP contribution in [-0.4, -0.2) is 53.8 Å². The van der Waals surface area contributed by atoms with Crippen LogP contribution in [0.25, 0.3) is 0 Å². The number of nitrogens with two attached hydrogens (primary N) is 1. The fraction of sp³-hybridized carbons (Fsp3) is 0.867. The van der Waals surface area contributed by atoms with Crippen molar-refractivity contribution in [3.63, 3.8) is 0 Å². The Balaban J connectivity index is 1.81. The molecule has 0 aliphatic carbocycles. The third-order valence-electron chi connectivity index (χ3n) is 4.88. The Morgan fingerprint density at radius 1 is 1.19 bits per heavy atom. The average Bonchev–Trinajstić information content (AvgIpc) is 2.95. The molecule has 120 valence electrons. The summed E-state index contributed by atoms with van der Waals surface area (Å²) in [6, 6.07) is 0.537. The topological polar surface area (TPSA) is 78.7 Å². The van der Waals surface area contributed by atoms with Crippen molar-refractivity contribution in [3.8, 4) is 0 Å². The number of piperidine rings is 1. The van der Waals surface area contributed by atoms with Gasteiger partial charge in [0.25, 0.3) is 0 Å². The highest BCUT2D eigenvalue weighted by molar-refractivity contribution is 5.80. The number of likely N-dealkylation sites (tertiary alicyclic amines) is 2. The van der Waals surface area contributed by atoms with E-state index in [2.05, 4.69) is 24.2 Å². The fourth-order valence-electron chi connectivity index (χ4n) is 3.59. The SMILES string of the molecule is CC(C)C1CCCN1CC(=O)N1CCC(C(=O)NN)CC1. The second-order valence-corrected chi connectivity index (χ2v) is 6.59. The maximum Gasteiger partial charge on any atom is 0.237 e. The summed E-state index contributed by atoms with van der Waals surface area (Å²) in [5, 5.41) is 0. The second kappa shape index (κ2) is 7.22. The molecule has 0 saturated carbocycles. The van der Waals surface area contributed by atoms with E-state index in [-0.39, 0.29) is 17.7 Å². The number of carbonyl (C=O) groups excluding carboxylic acids is 2. The molecular formula is C15H28N4O2. The Bertz CT molecular complexity index is 378. The summed E-state index contributed by atoms with van der Waals surface area (Å²) in [5.74, 6) is 5.81. The Labute approximate surface area is 127 Å². The molecule has 2 rings (SSSR count). The Hall–Kier alpha value is -1.14. The van der Waals surface area contributed by atoms with E-state index in [1.807, 2.05) is 4.90 Å². The summed E-state index contributed by atoms with van der Waals surface area (Å²) in [7, 11) is 0. The van der Waals surface area contributed by atoms with Crippen LogP contribution in [0, 0.1) is 11.8 Å². The molecule has 6 nitrogen and oxygen atoms in total. The van der Waals surface area contributed by atoms with Gasteiger partial charge in [-0.15, -0.1) is 0 Å². The van der Waals surface area contributed by atoms with Gasteiger partial charge in [0.05, 0.1) is 6.54 Å². The highest BCUT2D eigenvalue weighted by Gasteiger charge is 2.31. The number of rotatable bonds is 4. The van der Waals surface area contributed by atoms with Gasteiger partial charge < -0.3 is 4.90 Å². The number of hydrogen-bond donors (Lipinski definition) is 2. The van der Waals surface area contributed by atoms with Gasteiger partial charge >= 0.3 is 0 Å². The number of hydrazine groups is 1. The molecule has 2 heterocycles. The molecule has 1 unspecified atom stereocenters. The summed E-state index contributed by atoms with van der Waals surface area (Å²) in [6.45, 7) is 7.33.